The Morgan fingerprint density at radius 3 is 2.56 bits per heavy atom. The third kappa shape index (κ3) is 5.47. The topological polar surface area (TPSA) is 51.2 Å². The van der Waals surface area contributed by atoms with Crippen molar-refractivity contribution >= 4 is 21.9 Å². The number of rotatable bonds is 4. The Balaban J connectivity index is 2.48. The van der Waals surface area contributed by atoms with E-state index in [1.54, 1.807) is 0 Å². The number of esters is 1. The Morgan fingerprint density at radius 1 is 1.41 bits per heavy atom. The molecule has 1 N–H and O–H groups in total. The molecule has 1 fully saturated rings. The highest BCUT2D eigenvalue weighted by molar-refractivity contribution is 9.10. The zero-order chi connectivity index (χ0) is 20.6. The second-order valence-electron chi connectivity index (χ2n) is 8.99. The molecule has 0 aliphatic carbocycles. The van der Waals surface area contributed by atoms with E-state index < -0.39 is 22.5 Å². The first-order chi connectivity index (χ1) is 12.2. The molecule has 1 aromatic heterocycles. The number of nitrogens with zero attached hydrogens (tertiary/aromatic N) is 1. The summed E-state index contributed by atoms with van der Waals surface area (Å²) in [6, 6.07) is 1.43. The number of carbonyl (C=O) groups excluding carboxylic acids is 1. The van der Waals surface area contributed by atoms with Crippen LogP contribution in [-0.4, -0.2) is 29.1 Å². The molecule has 2 atom stereocenters. The summed E-state index contributed by atoms with van der Waals surface area (Å²) in [6.07, 6.45) is 1.08. The maximum atomic E-state index is 15.1. The van der Waals surface area contributed by atoms with Gasteiger partial charge in [-0.15, -0.1) is 0 Å². The van der Waals surface area contributed by atoms with Crippen LogP contribution in [0.5, 0.6) is 0 Å². The van der Waals surface area contributed by atoms with E-state index in [2.05, 4.69) is 26.2 Å². The number of hydrogen-bond donors (Lipinski definition) is 1. The average molecular weight is 447 g/mol. The fraction of sp³-hybridized carbons (Fsp3) is 0.700. The maximum absolute atomic E-state index is 15.1. The van der Waals surface area contributed by atoms with E-state index in [0.717, 1.165) is 0 Å². The molecule has 27 heavy (non-hydrogen) atoms. The number of nitrogens with one attached hydrogen (secondary N) is 1. The van der Waals surface area contributed by atoms with Crippen LogP contribution in [0.4, 0.5) is 8.78 Å². The Kier molecular flexibility index (Phi) is 6.37. The Morgan fingerprint density at radius 2 is 2.04 bits per heavy atom. The normalized spacial score (nSPS) is 24.0. The summed E-state index contributed by atoms with van der Waals surface area (Å²) in [5.41, 5.74) is -3.38. The predicted molar refractivity (Wildman–Crippen MR) is 105 cm³/mol. The van der Waals surface area contributed by atoms with Gasteiger partial charge in [0.15, 0.2) is 5.82 Å². The average Bonchev–Trinajstić information content (AvgIpc) is 2.47. The largest absolute Gasteiger partial charge is 0.460 e. The van der Waals surface area contributed by atoms with Crippen LogP contribution in [0.1, 0.15) is 65.6 Å². The lowest BCUT2D eigenvalue weighted by molar-refractivity contribution is -0.170. The minimum atomic E-state index is -1.86. The Bertz CT molecular complexity index is 713. The van der Waals surface area contributed by atoms with E-state index in [1.165, 1.54) is 19.9 Å². The van der Waals surface area contributed by atoms with Crippen LogP contribution in [0.3, 0.4) is 0 Å². The van der Waals surface area contributed by atoms with E-state index in [1.807, 2.05) is 27.7 Å². The first kappa shape index (κ1) is 22.2. The van der Waals surface area contributed by atoms with E-state index >= 15 is 4.39 Å². The lowest BCUT2D eigenvalue weighted by Crippen LogP contribution is -2.50. The molecule has 1 aliphatic rings. The summed E-state index contributed by atoms with van der Waals surface area (Å²) in [7, 11) is 0. The number of hydrogen-bond acceptors (Lipinski definition) is 4. The molecule has 7 heteroatoms. The fourth-order valence-electron chi connectivity index (χ4n) is 3.54. The molecule has 0 unspecified atom stereocenters. The van der Waals surface area contributed by atoms with Crippen LogP contribution in [0.2, 0.25) is 0 Å². The van der Waals surface area contributed by atoms with Gasteiger partial charge in [-0.05, 0) is 82.9 Å². The molecular formula is C20H29BrF2N2O2. The number of pyridine rings is 1. The van der Waals surface area contributed by atoms with Crippen LogP contribution in [-0.2, 0) is 21.6 Å². The van der Waals surface area contributed by atoms with Gasteiger partial charge in [0.1, 0.15) is 15.9 Å². The van der Waals surface area contributed by atoms with E-state index in [-0.39, 0.29) is 29.7 Å². The smallest absolute Gasteiger partial charge is 0.313 e. The van der Waals surface area contributed by atoms with Crippen LogP contribution in [0, 0.1) is 11.2 Å². The number of carbonyl (C=O) groups is 1. The van der Waals surface area contributed by atoms with Gasteiger partial charge in [-0.25, -0.2) is 13.8 Å². The highest BCUT2D eigenvalue weighted by Gasteiger charge is 2.46. The molecule has 2 rings (SSSR count). The summed E-state index contributed by atoms with van der Waals surface area (Å²) in [6.45, 7) is 10.6. The SMILES string of the molecule is C[C@@H]1C[C@](Cc2nc(Br)cc(C(C)(C)F)c2F)(C(=O)OC(C)(C)C)CCN1. The van der Waals surface area contributed by atoms with Crippen molar-refractivity contribution in [2.24, 2.45) is 5.41 Å². The van der Waals surface area contributed by atoms with Crippen molar-refractivity contribution in [3.63, 3.8) is 0 Å². The Hall–Kier alpha value is -1.08. The van der Waals surface area contributed by atoms with Crippen molar-refractivity contribution < 1.29 is 18.3 Å². The first-order valence-corrected chi connectivity index (χ1v) is 10.0. The molecule has 0 aromatic carbocycles. The summed E-state index contributed by atoms with van der Waals surface area (Å²) in [5, 5.41) is 3.31. The summed E-state index contributed by atoms with van der Waals surface area (Å²) >= 11 is 3.25. The van der Waals surface area contributed by atoms with Gasteiger partial charge in [0.05, 0.1) is 11.1 Å². The molecular weight excluding hydrogens is 418 g/mol. The number of halogens is 3. The summed E-state index contributed by atoms with van der Waals surface area (Å²) < 4.78 is 35.6. The number of aromatic nitrogens is 1. The van der Waals surface area contributed by atoms with E-state index in [9.17, 15) is 9.18 Å². The molecule has 0 saturated carbocycles. The zero-order valence-electron chi connectivity index (χ0n) is 16.9. The minimum absolute atomic E-state index is 0.0688. The molecule has 152 valence electrons. The second-order valence-corrected chi connectivity index (χ2v) is 9.81. The summed E-state index contributed by atoms with van der Waals surface area (Å²) in [5.74, 6) is -1.05. The van der Waals surface area contributed by atoms with Crippen molar-refractivity contribution in [2.45, 2.75) is 78.1 Å². The fourth-order valence-corrected chi connectivity index (χ4v) is 3.98. The molecule has 1 aliphatic heterocycles. The molecule has 0 amide bonds. The quantitative estimate of drug-likeness (QED) is 0.531. The third-order valence-corrected chi connectivity index (χ3v) is 5.17. The van der Waals surface area contributed by atoms with E-state index in [0.29, 0.717) is 24.0 Å². The molecule has 1 saturated heterocycles. The van der Waals surface area contributed by atoms with Crippen molar-refractivity contribution in [1.29, 1.82) is 0 Å². The monoisotopic (exact) mass is 446 g/mol. The van der Waals surface area contributed by atoms with Gasteiger partial charge in [0.25, 0.3) is 0 Å². The maximum Gasteiger partial charge on any atom is 0.313 e. The van der Waals surface area contributed by atoms with Gasteiger partial charge in [0, 0.05) is 18.0 Å². The van der Waals surface area contributed by atoms with Gasteiger partial charge < -0.3 is 10.1 Å². The van der Waals surface area contributed by atoms with Crippen molar-refractivity contribution in [2.75, 3.05) is 6.54 Å². The molecule has 4 nitrogen and oxygen atoms in total. The molecule has 0 spiro atoms. The van der Waals surface area contributed by atoms with Gasteiger partial charge in [-0.3, -0.25) is 4.79 Å². The van der Waals surface area contributed by atoms with Crippen molar-refractivity contribution in [1.82, 2.24) is 10.3 Å². The van der Waals surface area contributed by atoms with E-state index in [4.69, 9.17) is 4.74 Å². The molecule has 0 radical (unpaired) electrons. The minimum Gasteiger partial charge on any atom is -0.460 e. The lowest BCUT2D eigenvalue weighted by atomic mass is 9.72. The molecule has 2 heterocycles. The highest BCUT2D eigenvalue weighted by Crippen LogP contribution is 2.39. The second kappa shape index (κ2) is 7.74. The first-order valence-electron chi connectivity index (χ1n) is 9.25. The zero-order valence-corrected chi connectivity index (χ0v) is 18.5. The Labute approximate surface area is 168 Å². The van der Waals surface area contributed by atoms with Crippen LogP contribution >= 0.6 is 15.9 Å². The van der Waals surface area contributed by atoms with Gasteiger partial charge in [-0.1, -0.05) is 0 Å². The predicted octanol–water partition coefficient (Wildman–Crippen LogP) is 4.83. The lowest BCUT2D eigenvalue weighted by Gasteiger charge is -2.40. The van der Waals surface area contributed by atoms with Crippen LogP contribution in [0.25, 0.3) is 0 Å². The third-order valence-electron chi connectivity index (χ3n) is 4.77. The number of piperidine rings is 1. The molecule has 0 bridgehead atoms. The van der Waals surface area contributed by atoms with Gasteiger partial charge >= 0.3 is 5.97 Å². The number of ether oxygens (including phenoxy) is 1. The van der Waals surface area contributed by atoms with Gasteiger partial charge in [0.2, 0.25) is 0 Å². The van der Waals surface area contributed by atoms with Crippen molar-refractivity contribution in [3.8, 4) is 0 Å². The standard InChI is InChI=1S/C20H29BrF2N2O2/c1-12-10-20(7-8-24-12,17(26)27-18(2,3)4)11-14-16(22)13(19(5,6)23)9-15(21)25-14/h9,12,24H,7-8,10-11H2,1-6H3/t12-,20-/m1/s1. The summed E-state index contributed by atoms with van der Waals surface area (Å²) in [4.78, 5) is 17.3. The van der Waals surface area contributed by atoms with Gasteiger partial charge in [-0.2, -0.15) is 0 Å². The number of alkyl halides is 1. The highest BCUT2D eigenvalue weighted by atomic mass is 79.9. The molecule has 1 aromatic rings. The van der Waals surface area contributed by atoms with Crippen LogP contribution < -0.4 is 5.32 Å². The van der Waals surface area contributed by atoms with Crippen molar-refractivity contribution in [3.05, 3.63) is 27.7 Å². The van der Waals surface area contributed by atoms with Crippen LogP contribution in [0.15, 0.2) is 10.7 Å².